The molecule has 26 heavy (non-hydrogen) atoms. The van der Waals surface area contributed by atoms with Gasteiger partial charge in [-0.25, -0.2) is 4.79 Å². The molecule has 1 atom stereocenters. The van der Waals surface area contributed by atoms with Crippen LogP contribution in [-0.2, 0) is 16.0 Å². The molecule has 1 aromatic rings. The van der Waals surface area contributed by atoms with E-state index in [4.69, 9.17) is 27.9 Å². The summed E-state index contributed by atoms with van der Waals surface area (Å²) in [6.07, 6.45) is 2.04. The van der Waals surface area contributed by atoms with Gasteiger partial charge in [0.15, 0.2) is 0 Å². The Hall–Kier alpha value is -1.50. The van der Waals surface area contributed by atoms with E-state index in [2.05, 4.69) is 4.90 Å². The minimum Gasteiger partial charge on any atom is -0.453 e. The van der Waals surface area contributed by atoms with E-state index in [1.54, 1.807) is 17.0 Å². The molecule has 2 heterocycles. The summed E-state index contributed by atoms with van der Waals surface area (Å²) < 4.78 is 4.85. The number of halogens is 2. The van der Waals surface area contributed by atoms with Crippen LogP contribution in [0.5, 0.6) is 0 Å². The number of hydrogen-bond acceptors (Lipinski definition) is 4. The first-order valence-corrected chi connectivity index (χ1v) is 9.55. The zero-order chi connectivity index (χ0) is 18.7. The van der Waals surface area contributed by atoms with Gasteiger partial charge in [0.1, 0.15) is 6.17 Å². The molecule has 8 heteroatoms. The average molecular weight is 399 g/mol. The number of likely N-dealkylation sites (tertiary alicyclic amines) is 1. The minimum atomic E-state index is -0.342. The molecule has 2 saturated heterocycles. The van der Waals surface area contributed by atoms with Gasteiger partial charge in [0.05, 0.1) is 30.1 Å². The van der Waals surface area contributed by atoms with Gasteiger partial charge in [0.2, 0.25) is 5.91 Å². The number of hydrogen-bond donors (Lipinski definition) is 0. The van der Waals surface area contributed by atoms with Crippen molar-refractivity contribution >= 4 is 35.2 Å². The molecule has 6 nitrogen and oxygen atoms in total. The van der Waals surface area contributed by atoms with Crippen molar-refractivity contribution in [3.8, 4) is 0 Å². The number of benzene rings is 1. The Morgan fingerprint density at radius 3 is 2.50 bits per heavy atom. The molecule has 1 aromatic carbocycles. The van der Waals surface area contributed by atoms with Gasteiger partial charge in [-0.2, -0.15) is 0 Å². The van der Waals surface area contributed by atoms with Crippen LogP contribution in [0.15, 0.2) is 18.2 Å². The molecule has 0 saturated carbocycles. The molecule has 0 N–H and O–H groups in total. The average Bonchev–Trinajstić information content (AvgIpc) is 3.18. The predicted octanol–water partition coefficient (Wildman–Crippen LogP) is 2.87. The SMILES string of the molecule is [11CH3]OC(=O)N1CCN(C(=O)Cc2ccc(Cl)c(Cl)c2)[C@H](N2CCCC2)C1. The first kappa shape index (κ1) is 19.3. The highest BCUT2D eigenvalue weighted by atomic mass is 35.5. The third-order valence-corrected chi connectivity index (χ3v) is 5.75. The van der Waals surface area contributed by atoms with E-state index in [1.807, 2.05) is 11.0 Å². The van der Waals surface area contributed by atoms with E-state index in [0.717, 1.165) is 31.5 Å². The Balaban J connectivity index is 1.73. The lowest BCUT2D eigenvalue weighted by molar-refractivity contribution is -0.140. The molecule has 0 aliphatic carbocycles. The number of piperazine rings is 1. The molecule has 142 valence electrons. The van der Waals surface area contributed by atoms with Gasteiger partial charge in [-0.3, -0.25) is 9.69 Å². The molecule has 3 rings (SSSR count). The van der Waals surface area contributed by atoms with Crippen LogP contribution in [0.1, 0.15) is 18.4 Å². The summed E-state index contributed by atoms with van der Waals surface area (Å²) in [5.41, 5.74) is 0.833. The number of ether oxygens (including phenoxy) is 1. The van der Waals surface area contributed by atoms with E-state index < -0.39 is 0 Å². The molecule has 0 aromatic heterocycles. The summed E-state index contributed by atoms with van der Waals surface area (Å²) in [6, 6.07) is 5.26. The van der Waals surface area contributed by atoms with Gasteiger partial charge in [0.25, 0.3) is 0 Å². The van der Waals surface area contributed by atoms with Crippen molar-refractivity contribution in [3.05, 3.63) is 33.8 Å². The van der Waals surface area contributed by atoms with Crippen molar-refractivity contribution in [2.45, 2.75) is 25.4 Å². The van der Waals surface area contributed by atoms with Gasteiger partial charge in [-0.15, -0.1) is 0 Å². The number of methoxy groups -OCH3 is 1. The Labute approximate surface area is 163 Å². The monoisotopic (exact) mass is 398 g/mol. The van der Waals surface area contributed by atoms with Gasteiger partial charge < -0.3 is 14.5 Å². The quantitative estimate of drug-likeness (QED) is 0.785. The maximum atomic E-state index is 13.0. The molecule has 0 bridgehead atoms. The van der Waals surface area contributed by atoms with Crippen molar-refractivity contribution in [3.63, 3.8) is 0 Å². The number of nitrogens with zero attached hydrogens (tertiary/aromatic N) is 3. The molecular formula is C18H23Cl2N3O3. The van der Waals surface area contributed by atoms with Crippen LogP contribution < -0.4 is 0 Å². The lowest BCUT2D eigenvalue weighted by Crippen LogP contribution is -2.62. The van der Waals surface area contributed by atoms with Crippen molar-refractivity contribution in [2.24, 2.45) is 0 Å². The third kappa shape index (κ3) is 4.24. The van der Waals surface area contributed by atoms with Crippen LogP contribution in [0.2, 0.25) is 10.0 Å². The smallest absolute Gasteiger partial charge is 0.409 e. The molecule has 2 amide bonds. The summed E-state index contributed by atoms with van der Waals surface area (Å²) in [5, 5.41) is 0.924. The van der Waals surface area contributed by atoms with Crippen LogP contribution in [0.25, 0.3) is 0 Å². The Bertz CT molecular complexity index is 680. The first-order valence-electron chi connectivity index (χ1n) is 8.80. The molecule has 2 aliphatic heterocycles. The Morgan fingerprint density at radius 2 is 1.85 bits per heavy atom. The second kappa shape index (κ2) is 8.46. The fourth-order valence-corrected chi connectivity index (χ4v) is 3.95. The number of rotatable bonds is 3. The van der Waals surface area contributed by atoms with Crippen LogP contribution in [-0.4, -0.2) is 72.7 Å². The van der Waals surface area contributed by atoms with Gasteiger partial charge in [-0.1, -0.05) is 29.3 Å². The standard InChI is InChI=1S/C18H23Cl2N3O3/c1-26-18(25)22-8-9-23(16(12-22)21-6-2-3-7-21)17(24)11-13-4-5-14(19)15(20)10-13/h4-5,10,16H,2-3,6-9,11-12H2,1H3/t16-/m0/s1/i1-1. The highest BCUT2D eigenvalue weighted by Crippen LogP contribution is 2.24. The van der Waals surface area contributed by atoms with Gasteiger partial charge >= 0.3 is 6.09 Å². The fourth-order valence-electron chi connectivity index (χ4n) is 3.63. The topological polar surface area (TPSA) is 53.1 Å². The van der Waals surface area contributed by atoms with Gasteiger partial charge in [-0.05, 0) is 30.5 Å². The molecular weight excluding hydrogens is 376 g/mol. The summed E-state index contributed by atoms with van der Waals surface area (Å²) in [4.78, 5) is 30.7. The van der Waals surface area contributed by atoms with E-state index in [0.29, 0.717) is 29.7 Å². The highest BCUT2D eigenvalue weighted by Gasteiger charge is 2.37. The lowest BCUT2D eigenvalue weighted by Gasteiger charge is -2.44. The highest BCUT2D eigenvalue weighted by molar-refractivity contribution is 6.42. The van der Waals surface area contributed by atoms with Crippen LogP contribution in [0.3, 0.4) is 0 Å². The van der Waals surface area contributed by atoms with E-state index >= 15 is 0 Å². The molecule has 0 radical (unpaired) electrons. The number of amides is 2. The van der Waals surface area contributed by atoms with Crippen molar-refractivity contribution < 1.29 is 14.3 Å². The Kier molecular flexibility index (Phi) is 6.27. The summed E-state index contributed by atoms with van der Waals surface area (Å²) in [6.45, 7) is 3.33. The summed E-state index contributed by atoms with van der Waals surface area (Å²) >= 11 is 12.0. The second-order valence-electron chi connectivity index (χ2n) is 6.65. The lowest BCUT2D eigenvalue weighted by atomic mass is 10.1. The van der Waals surface area contributed by atoms with Crippen LogP contribution in [0.4, 0.5) is 4.79 Å². The maximum absolute atomic E-state index is 13.0. The number of carbonyl (C=O) groups excluding carboxylic acids is 2. The molecule has 2 fully saturated rings. The van der Waals surface area contributed by atoms with Crippen molar-refractivity contribution in [2.75, 3.05) is 39.8 Å². The second-order valence-corrected chi connectivity index (χ2v) is 7.47. The van der Waals surface area contributed by atoms with Crippen LogP contribution in [0, 0.1) is 0 Å². The molecule has 0 spiro atoms. The first-order chi connectivity index (χ1) is 12.5. The van der Waals surface area contributed by atoms with E-state index in [9.17, 15) is 9.59 Å². The summed E-state index contributed by atoms with van der Waals surface area (Å²) in [7, 11) is 1.38. The van der Waals surface area contributed by atoms with Crippen LogP contribution >= 0.6 is 23.2 Å². The zero-order valence-corrected chi connectivity index (χ0v) is 16.3. The summed E-state index contributed by atoms with van der Waals surface area (Å²) in [5.74, 6) is 0.0322. The van der Waals surface area contributed by atoms with Crippen molar-refractivity contribution in [1.29, 1.82) is 0 Å². The number of carbonyl (C=O) groups is 2. The predicted molar refractivity (Wildman–Crippen MR) is 100 cm³/mol. The zero-order valence-electron chi connectivity index (χ0n) is 14.8. The minimum absolute atomic E-state index is 0.0322. The fraction of sp³-hybridized carbons (Fsp3) is 0.556. The van der Waals surface area contributed by atoms with E-state index in [1.165, 1.54) is 7.11 Å². The van der Waals surface area contributed by atoms with Gasteiger partial charge in [0, 0.05) is 26.2 Å². The maximum Gasteiger partial charge on any atom is 0.409 e. The largest absolute Gasteiger partial charge is 0.453 e. The van der Waals surface area contributed by atoms with Crippen molar-refractivity contribution in [1.82, 2.24) is 14.7 Å². The van der Waals surface area contributed by atoms with E-state index in [-0.39, 0.29) is 24.6 Å². The third-order valence-electron chi connectivity index (χ3n) is 5.01. The molecule has 2 aliphatic rings. The Morgan fingerprint density at radius 1 is 1.12 bits per heavy atom. The normalized spacial score (nSPS) is 21.1. The molecule has 0 unspecified atom stereocenters.